The summed E-state index contributed by atoms with van der Waals surface area (Å²) < 4.78 is 62.4. The summed E-state index contributed by atoms with van der Waals surface area (Å²) in [4.78, 5) is 79.6. The van der Waals surface area contributed by atoms with Crippen molar-refractivity contribution in [1.82, 2.24) is 15.5 Å². The third kappa shape index (κ3) is 23.2. The van der Waals surface area contributed by atoms with Crippen molar-refractivity contribution in [1.29, 1.82) is 0 Å². The average Bonchev–Trinajstić information content (AvgIpc) is 0.780. The van der Waals surface area contributed by atoms with Crippen LogP contribution >= 0.6 is 0 Å². The summed E-state index contributed by atoms with van der Waals surface area (Å²) in [5, 5.41) is 123. The molecule has 30 atom stereocenters. The third-order valence-electron chi connectivity index (χ3n) is 22.5. The lowest BCUT2D eigenvalue weighted by Gasteiger charge is -2.49. The molecule has 4 saturated carbocycles. The van der Waals surface area contributed by atoms with Crippen LogP contribution in [0, 0.1) is 35.5 Å². The largest absolute Gasteiger partial charge is 0.479 e. The van der Waals surface area contributed by atoms with E-state index in [9.17, 15) is 84.9 Å². The van der Waals surface area contributed by atoms with Crippen LogP contribution in [0.15, 0.2) is 0 Å². The van der Waals surface area contributed by atoms with Crippen LogP contribution in [0.4, 0.5) is 0 Å². The molecule has 4 aliphatic carbocycles. The molecule has 4 saturated heterocycles. The number of rotatable bonds is 32. The summed E-state index contributed by atoms with van der Waals surface area (Å²) in [5.41, 5.74) is 11.4. The second-order valence-corrected chi connectivity index (χ2v) is 30.4. The molecule has 0 aromatic carbocycles. The first kappa shape index (κ1) is 87.6. The summed E-state index contributed by atoms with van der Waals surface area (Å²) in [7, 11) is 3.25. The number of amides is 3. The van der Waals surface area contributed by atoms with Crippen LogP contribution < -0.4 is 22.1 Å². The molecule has 8 aliphatic rings. The van der Waals surface area contributed by atoms with E-state index in [0.717, 1.165) is 64.2 Å². The first-order valence-corrected chi connectivity index (χ1v) is 38.1. The van der Waals surface area contributed by atoms with Gasteiger partial charge in [0.2, 0.25) is 11.8 Å². The van der Waals surface area contributed by atoms with Gasteiger partial charge in [-0.3, -0.25) is 24.0 Å². The molecule has 104 heavy (non-hydrogen) atoms. The van der Waals surface area contributed by atoms with Crippen LogP contribution in [0.25, 0.3) is 0 Å². The van der Waals surface area contributed by atoms with Crippen LogP contribution in [-0.2, 0) is 76.1 Å². The highest BCUT2D eigenvalue weighted by Gasteiger charge is 2.56. The Labute approximate surface area is 610 Å². The Kier molecular flexibility index (Phi) is 35.3. The van der Waals surface area contributed by atoms with Gasteiger partial charge in [0.05, 0.1) is 49.8 Å². The van der Waals surface area contributed by atoms with Gasteiger partial charge < -0.3 is 131 Å². The summed E-state index contributed by atoms with van der Waals surface area (Å²) in [6.45, 7) is 8.81. The zero-order chi connectivity index (χ0) is 76.4. The van der Waals surface area contributed by atoms with E-state index in [0.29, 0.717) is 58.0 Å². The molecule has 0 aromatic heterocycles. The molecule has 32 nitrogen and oxygen atoms in total. The SMILES string of the molecule is CCC1CC(C(=O)CCCN)C[C@@H](O[C@@H]2O[C@@H](CO)[C@H](O)C(O[C@@H](CC3CCCCC3)C(=O)N(C)C)C2NC(C)=O)[C@@H]1OC1O[C@@H](C)[C@H](O)C(O)[C@@H]1O.CCC1CC(C(=O)CCCN)C[C@@H](O[C@@H]2O[C@@H](CO)[C@H](O)C(O[C@@H](CC3CCCCC3)C(=O)O)C2NC(C)=O)[C@@H]1OC1O[C@@H](C)[C@H](O)C(O)[C@@H]1O. The van der Waals surface area contributed by atoms with Crippen molar-refractivity contribution < 1.29 is 132 Å². The number of ether oxygens (including phenoxy) is 10. The van der Waals surface area contributed by atoms with Crippen molar-refractivity contribution in [2.45, 2.75) is 342 Å². The number of carbonyl (C=O) groups is 6. The number of hydrogen-bond donors (Lipinski definition) is 15. The maximum atomic E-state index is 13.5. The topological polar surface area (TPSA) is 497 Å². The minimum Gasteiger partial charge on any atom is -0.479 e. The molecule has 0 aromatic rings. The van der Waals surface area contributed by atoms with Gasteiger partial charge >= 0.3 is 5.97 Å². The van der Waals surface area contributed by atoms with Crippen molar-refractivity contribution in [3.63, 3.8) is 0 Å². The number of likely N-dealkylation sites (N-methyl/N-ethyl adjacent to an activating group) is 1. The van der Waals surface area contributed by atoms with E-state index in [4.69, 9.17) is 58.8 Å². The molecule has 8 rings (SSSR count). The summed E-state index contributed by atoms with van der Waals surface area (Å²) in [5.74, 6) is -3.80. The monoisotopic (exact) mass is 1490 g/mol. The van der Waals surface area contributed by atoms with Crippen LogP contribution in [0.3, 0.4) is 0 Å². The highest BCUT2D eigenvalue weighted by atomic mass is 16.7. The van der Waals surface area contributed by atoms with E-state index in [2.05, 4.69) is 10.6 Å². The predicted octanol–water partition coefficient (Wildman–Crippen LogP) is -0.556. The number of carboxylic acids is 1. The second kappa shape index (κ2) is 41.9. The normalized spacial score (nSPS) is 39.5. The lowest BCUT2D eigenvalue weighted by molar-refractivity contribution is -0.338. The van der Waals surface area contributed by atoms with E-state index in [1.807, 2.05) is 13.8 Å². The Hall–Kier alpha value is -3.66. The van der Waals surface area contributed by atoms with E-state index in [1.54, 1.807) is 21.0 Å². The Morgan fingerprint density at radius 1 is 0.490 bits per heavy atom. The van der Waals surface area contributed by atoms with E-state index < -0.39 is 202 Å². The molecule has 600 valence electrons. The Balaban J connectivity index is 0.000000291. The number of hydrogen-bond acceptors (Lipinski definition) is 28. The molecule has 32 heteroatoms. The molecule has 17 N–H and O–H groups in total. The third-order valence-corrected chi connectivity index (χ3v) is 22.5. The summed E-state index contributed by atoms with van der Waals surface area (Å²) in [6.07, 6.45) is -16.1. The zero-order valence-electron chi connectivity index (χ0n) is 61.9. The summed E-state index contributed by atoms with van der Waals surface area (Å²) in [6, 6.07) is -2.42. The van der Waals surface area contributed by atoms with Crippen LogP contribution in [0.2, 0.25) is 0 Å². The summed E-state index contributed by atoms with van der Waals surface area (Å²) >= 11 is 0. The van der Waals surface area contributed by atoms with Crippen molar-refractivity contribution in [2.24, 2.45) is 47.0 Å². The van der Waals surface area contributed by atoms with Gasteiger partial charge in [-0.25, -0.2) is 4.79 Å². The van der Waals surface area contributed by atoms with E-state index >= 15 is 0 Å². The molecule has 4 heterocycles. The highest BCUT2D eigenvalue weighted by molar-refractivity contribution is 5.82. The van der Waals surface area contributed by atoms with Crippen LogP contribution in [0.1, 0.15) is 183 Å². The van der Waals surface area contributed by atoms with Gasteiger partial charge in [0.25, 0.3) is 5.91 Å². The van der Waals surface area contributed by atoms with Crippen molar-refractivity contribution in [3.8, 4) is 0 Å². The molecule has 0 radical (unpaired) electrons. The molecular formula is C72H125N5O27. The molecule has 0 spiro atoms. The first-order valence-electron chi connectivity index (χ1n) is 38.1. The number of Topliss-reactive ketones (excluding diaryl/α,β-unsaturated/α-hetero) is 2. The average molecular weight is 1490 g/mol. The van der Waals surface area contributed by atoms with Gasteiger partial charge in [0.15, 0.2) is 31.3 Å². The quantitative estimate of drug-likeness (QED) is 0.0401. The fraction of sp³-hybridized carbons (Fsp3) is 0.917. The lowest BCUT2D eigenvalue weighted by Crippen LogP contribution is -2.67. The van der Waals surface area contributed by atoms with Crippen LogP contribution in [0.5, 0.6) is 0 Å². The van der Waals surface area contributed by atoms with Crippen molar-refractivity contribution >= 4 is 35.3 Å². The Morgan fingerprint density at radius 3 is 1.20 bits per heavy atom. The standard InChI is InChI=1S/C37H65N3O13.C35H60N2O14/c1-6-22-16-23(24(43)13-10-14-38)17-25(33(22)53-37-32(47)31(46)29(44)19(2)49-37)51-36-28(39-20(3)42)34(30(45)27(18-41)52-36)50-26(35(48)40(4)5)15-21-11-8-7-9-12-21;1-4-20-14-21(22(40)11-8-12-36)15-23(31(20)51-35-30(44)29(43)27(41)17(2)47-35)49-34-26(37-18(3)39)32(28(42)25(16-38)50-34)48-24(33(45)46)13-19-9-6-5-7-10-19/h19,21-23,25-34,36-37,41,44-47H,6-18,38H2,1-5H3,(H,39,42);17,19-21,23-32,34-35,38,41-44H,4-16,36H2,1-3H3,(H,37,39)(H,45,46)/t19-,22?,23?,25+,26-,27-,28?,29-,30-,31?,32-,33+,34?,36+,37?;17-,20?,21?,23+,24-,25-,26?,27-,28-,29?,30-,31+,32?,34+,35?/m00/s1. The van der Waals surface area contributed by atoms with Gasteiger partial charge in [-0.05, 0) is 102 Å². The van der Waals surface area contributed by atoms with Crippen molar-refractivity contribution in [2.75, 3.05) is 40.4 Å². The zero-order valence-corrected chi connectivity index (χ0v) is 61.9. The van der Waals surface area contributed by atoms with Gasteiger partial charge in [-0.2, -0.15) is 0 Å². The van der Waals surface area contributed by atoms with Gasteiger partial charge in [-0.15, -0.1) is 0 Å². The van der Waals surface area contributed by atoms with Gasteiger partial charge in [0, 0.05) is 52.6 Å². The van der Waals surface area contributed by atoms with Gasteiger partial charge in [0.1, 0.15) is 103 Å². The van der Waals surface area contributed by atoms with Crippen molar-refractivity contribution in [3.05, 3.63) is 0 Å². The van der Waals surface area contributed by atoms with Gasteiger partial charge in [-0.1, -0.05) is 90.9 Å². The Morgan fingerprint density at radius 2 is 0.865 bits per heavy atom. The number of nitrogens with two attached hydrogens (primary N) is 2. The number of aliphatic carboxylic acids is 1. The van der Waals surface area contributed by atoms with Crippen LogP contribution in [-0.4, -0.2) is 296 Å². The fourth-order valence-corrected chi connectivity index (χ4v) is 16.5. The fourth-order valence-electron chi connectivity index (χ4n) is 16.5. The predicted molar refractivity (Wildman–Crippen MR) is 369 cm³/mol. The van der Waals surface area contributed by atoms with E-state index in [-0.39, 0.29) is 73.2 Å². The number of ketones is 2. The Bertz CT molecular complexity index is 2650. The molecule has 8 fully saturated rings. The second-order valence-electron chi connectivity index (χ2n) is 30.4. The number of aliphatic hydroxyl groups is 10. The maximum absolute atomic E-state index is 13.5. The number of carbonyl (C=O) groups excluding carboxylic acids is 5. The highest BCUT2D eigenvalue weighted by Crippen LogP contribution is 2.44. The molecule has 3 amide bonds. The maximum Gasteiger partial charge on any atom is 0.332 e. The lowest BCUT2D eigenvalue weighted by atomic mass is 9.74. The minimum absolute atomic E-state index is 0.00246. The molecular weight excluding hydrogens is 1370 g/mol. The smallest absolute Gasteiger partial charge is 0.332 e. The van der Waals surface area contributed by atoms with E-state index in [1.165, 1.54) is 25.7 Å². The molecule has 0 bridgehead atoms. The number of carboxylic acid groups (broad SMARTS) is 1. The number of nitrogens with zero attached hydrogens (tertiary/aromatic N) is 1. The molecule has 12 unspecified atom stereocenters. The molecule has 4 aliphatic heterocycles. The number of nitrogens with one attached hydrogen (secondary N) is 2. The minimum atomic E-state index is -1.61. The first-order chi connectivity index (χ1) is 49.5. The number of aliphatic hydroxyl groups excluding tert-OH is 10.